The van der Waals surface area contributed by atoms with E-state index in [1.807, 2.05) is 5.38 Å². The van der Waals surface area contributed by atoms with E-state index in [1.54, 1.807) is 42.5 Å². The number of halogens is 1. The van der Waals surface area contributed by atoms with Crippen molar-refractivity contribution in [2.45, 2.75) is 0 Å². The summed E-state index contributed by atoms with van der Waals surface area (Å²) in [6.45, 7) is 0.629. The molecule has 1 aromatic carbocycles. The number of nitrogens with zero attached hydrogens (tertiary/aromatic N) is 1. The number of aromatic nitrogens is 1. The largest absolute Gasteiger partial charge is 0.350 e. The Balaban J connectivity index is 1.45. The molecular formula is C20H17ClN4O3S. The van der Waals surface area contributed by atoms with Crippen molar-refractivity contribution in [3.63, 3.8) is 0 Å². The molecule has 148 valence electrons. The number of carbonyl (C=O) groups excluding carboxylic acids is 3. The molecule has 3 aromatic rings. The lowest BCUT2D eigenvalue weighted by Gasteiger charge is -2.08. The van der Waals surface area contributed by atoms with E-state index >= 15 is 0 Å². The Morgan fingerprint density at radius 3 is 2.17 bits per heavy atom. The van der Waals surface area contributed by atoms with Crippen LogP contribution in [0.2, 0.25) is 5.15 Å². The normalized spacial score (nSPS) is 10.2. The number of carbonyl (C=O) groups is 3. The fourth-order valence-electron chi connectivity index (χ4n) is 2.37. The van der Waals surface area contributed by atoms with E-state index in [-0.39, 0.29) is 17.7 Å². The molecule has 0 saturated carbocycles. The third-order valence-electron chi connectivity index (χ3n) is 3.84. The van der Waals surface area contributed by atoms with Crippen LogP contribution in [0.1, 0.15) is 30.4 Å². The SMILES string of the molecule is O=C(NCCNC(=O)c1cccs1)c1ccc(NC(=O)c2ccc(Cl)nc2)cc1. The van der Waals surface area contributed by atoms with Crippen LogP contribution in [0.5, 0.6) is 0 Å². The number of hydrogen-bond acceptors (Lipinski definition) is 5. The molecule has 0 aliphatic heterocycles. The predicted molar refractivity (Wildman–Crippen MR) is 113 cm³/mol. The molecule has 9 heteroatoms. The lowest BCUT2D eigenvalue weighted by molar-refractivity contribution is 0.0929. The molecule has 0 aliphatic rings. The Labute approximate surface area is 176 Å². The molecule has 0 spiro atoms. The predicted octanol–water partition coefficient (Wildman–Crippen LogP) is 3.21. The van der Waals surface area contributed by atoms with E-state index in [4.69, 9.17) is 11.6 Å². The maximum Gasteiger partial charge on any atom is 0.261 e. The third-order valence-corrected chi connectivity index (χ3v) is 4.93. The number of nitrogens with one attached hydrogen (secondary N) is 3. The molecule has 2 heterocycles. The van der Waals surface area contributed by atoms with Crippen LogP contribution in [0, 0.1) is 0 Å². The van der Waals surface area contributed by atoms with Crippen molar-refractivity contribution < 1.29 is 14.4 Å². The Bertz CT molecular complexity index is 990. The lowest BCUT2D eigenvalue weighted by Crippen LogP contribution is -2.34. The van der Waals surface area contributed by atoms with Crippen LogP contribution >= 0.6 is 22.9 Å². The lowest BCUT2D eigenvalue weighted by atomic mass is 10.2. The Morgan fingerprint density at radius 2 is 1.55 bits per heavy atom. The second kappa shape index (κ2) is 9.81. The summed E-state index contributed by atoms with van der Waals surface area (Å²) in [5.41, 5.74) is 1.37. The first-order valence-corrected chi connectivity index (χ1v) is 9.91. The van der Waals surface area contributed by atoms with Gasteiger partial charge in [-0.2, -0.15) is 0 Å². The van der Waals surface area contributed by atoms with Gasteiger partial charge in [0, 0.05) is 30.5 Å². The number of hydrogen-bond donors (Lipinski definition) is 3. The van der Waals surface area contributed by atoms with Crippen LogP contribution in [-0.2, 0) is 0 Å². The second-order valence-corrected chi connectivity index (χ2v) is 7.23. The summed E-state index contributed by atoms with van der Waals surface area (Å²) in [6.07, 6.45) is 1.39. The second-order valence-electron chi connectivity index (χ2n) is 5.89. The Hall–Kier alpha value is -3.23. The quantitative estimate of drug-likeness (QED) is 0.397. The number of benzene rings is 1. The average molecular weight is 429 g/mol. The van der Waals surface area contributed by atoms with E-state index in [0.29, 0.717) is 39.9 Å². The molecule has 3 rings (SSSR count). The summed E-state index contributed by atoms with van der Waals surface area (Å²) in [5, 5.41) is 10.3. The topological polar surface area (TPSA) is 100 Å². The van der Waals surface area contributed by atoms with E-state index < -0.39 is 0 Å². The summed E-state index contributed by atoms with van der Waals surface area (Å²) in [6, 6.07) is 13.1. The van der Waals surface area contributed by atoms with Crippen LogP contribution in [0.4, 0.5) is 5.69 Å². The Kier molecular flexibility index (Phi) is 6.94. The standard InChI is InChI=1S/C20H17ClN4O3S/c21-17-8-5-14(12-24-17)19(27)25-15-6-3-13(4-7-15)18(26)22-9-10-23-20(28)16-2-1-11-29-16/h1-8,11-12H,9-10H2,(H,22,26)(H,23,28)(H,25,27). The zero-order chi connectivity index (χ0) is 20.6. The van der Waals surface area contributed by atoms with Gasteiger partial charge in [-0.1, -0.05) is 17.7 Å². The molecule has 0 aliphatic carbocycles. The molecule has 0 saturated heterocycles. The van der Waals surface area contributed by atoms with Crippen molar-refractivity contribution in [1.82, 2.24) is 15.6 Å². The van der Waals surface area contributed by atoms with Gasteiger partial charge >= 0.3 is 0 Å². The average Bonchev–Trinajstić information content (AvgIpc) is 3.27. The van der Waals surface area contributed by atoms with Crippen molar-refractivity contribution in [1.29, 1.82) is 0 Å². The molecule has 29 heavy (non-hydrogen) atoms. The fraction of sp³-hybridized carbons (Fsp3) is 0.100. The number of rotatable bonds is 7. The molecular weight excluding hydrogens is 412 g/mol. The third kappa shape index (κ3) is 5.87. The van der Waals surface area contributed by atoms with Crippen LogP contribution in [0.3, 0.4) is 0 Å². The summed E-state index contributed by atoms with van der Waals surface area (Å²) >= 11 is 7.07. The van der Waals surface area contributed by atoms with Gasteiger partial charge in [-0.05, 0) is 47.8 Å². The van der Waals surface area contributed by atoms with Gasteiger partial charge in [0.1, 0.15) is 5.15 Å². The molecule has 2 aromatic heterocycles. The molecule has 3 amide bonds. The molecule has 0 fully saturated rings. The number of anilines is 1. The van der Waals surface area contributed by atoms with E-state index in [2.05, 4.69) is 20.9 Å². The highest BCUT2D eigenvalue weighted by atomic mass is 35.5. The van der Waals surface area contributed by atoms with Crippen LogP contribution in [0.15, 0.2) is 60.1 Å². The smallest absolute Gasteiger partial charge is 0.261 e. The van der Waals surface area contributed by atoms with E-state index in [9.17, 15) is 14.4 Å². The first-order chi connectivity index (χ1) is 14.0. The van der Waals surface area contributed by atoms with Crippen molar-refractivity contribution in [2.24, 2.45) is 0 Å². The Morgan fingerprint density at radius 1 is 0.862 bits per heavy atom. The van der Waals surface area contributed by atoms with Gasteiger partial charge in [0.05, 0.1) is 10.4 Å². The summed E-state index contributed by atoms with van der Waals surface area (Å²) < 4.78 is 0. The summed E-state index contributed by atoms with van der Waals surface area (Å²) in [7, 11) is 0. The van der Waals surface area contributed by atoms with Crippen LogP contribution in [-0.4, -0.2) is 35.8 Å². The number of thiophene rings is 1. The monoisotopic (exact) mass is 428 g/mol. The first-order valence-electron chi connectivity index (χ1n) is 8.66. The highest BCUT2D eigenvalue weighted by molar-refractivity contribution is 7.12. The fourth-order valence-corrected chi connectivity index (χ4v) is 3.12. The van der Waals surface area contributed by atoms with E-state index in [0.717, 1.165) is 0 Å². The number of amides is 3. The van der Waals surface area contributed by atoms with Crippen molar-refractivity contribution in [2.75, 3.05) is 18.4 Å². The van der Waals surface area contributed by atoms with Gasteiger partial charge in [-0.25, -0.2) is 4.98 Å². The van der Waals surface area contributed by atoms with Crippen LogP contribution < -0.4 is 16.0 Å². The first kappa shape index (κ1) is 20.5. The van der Waals surface area contributed by atoms with Gasteiger partial charge in [-0.15, -0.1) is 11.3 Å². The van der Waals surface area contributed by atoms with E-state index in [1.165, 1.54) is 23.6 Å². The van der Waals surface area contributed by atoms with Crippen molar-refractivity contribution in [3.05, 3.63) is 81.3 Å². The van der Waals surface area contributed by atoms with Crippen molar-refractivity contribution >= 4 is 46.3 Å². The van der Waals surface area contributed by atoms with Gasteiger partial charge in [0.15, 0.2) is 0 Å². The van der Waals surface area contributed by atoms with Gasteiger partial charge in [-0.3, -0.25) is 14.4 Å². The molecule has 0 unspecified atom stereocenters. The zero-order valence-corrected chi connectivity index (χ0v) is 16.7. The maximum absolute atomic E-state index is 12.2. The zero-order valence-electron chi connectivity index (χ0n) is 15.1. The van der Waals surface area contributed by atoms with Gasteiger partial charge in [0.2, 0.25) is 0 Å². The molecule has 0 atom stereocenters. The van der Waals surface area contributed by atoms with Crippen molar-refractivity contribution in [3.8, 4) is 0 Å². The highest BCUT2D eigenvalue weighted by Gasteiger charge is 2.09. The highest BCUT2D eigenvalue weighted by Crippen LogP contribution is 2.12. The van der Waals surface area contributed by atoms with Gasteiger partial charge < -0.3 is 16.0 Å². The molecule has 0 bridgehead atoms. The molecule has 7 nitrogen and oxygen atoms in total. The minimum Gasteiger partial charge on any atom is -0.350 e. The summed E-state index contributed by atoms with van der Waals surface area (Å²) in [5.74, 6) is -0.756. The minimum absolute atomic E-state index is 0.162. The molecule has 3 N–H and O–H groups in total. The number of pyridine rings is 1. The summed E-state index contributed by atoms with van der Waals surface area (Å²) in [4.78, 5) is 40.6. The minimum atomic E-state index is -0.326. The maximum atomic E-state index is 12.2. The van der Waals surface area contributed by atoms with Gasteiger partial charge in [0.25, 0.3) is 17.7 Å². The van der Waals surface area contributed by atoms with Crippen LogP contribution in [0.25, 0.3) is 0 Å². The molecule has 0 radical (unpaired) electrons.